The Labute approximate surface area is 177 Å². The summed E-state index contributed by atoms with van der Waals surface area (Å²) in [5.74, 6) is 0.611. The molecule has 154 valence electrons. The average Bonchev–Trinajstić information content (AvgIpc) is 2.78. The maximum absolute atomic E-state index is 10.6. The van der Waals surface area contributed by atoms with E-state index in [2.05, 4.69) is 0 Å². The molecule has 3 aromatic carbocycles. The highest BCUT2D eigenvalue weighted by Crippen LogP contribution is 2.30. The summed E-state index contributed by atoms with van der Waals surface area (Å²) in [6.45, 7) is 0.918. The fourth-order valence-corrected chi connectivity index (χ4v) is 2.92. The smallest absolute Gasteiger partial charge is 0.303 e. The van der Waals surface area contributed by atoms with E-state index in [1.165, 1.54) is 0 Å². The maximum Gasteiger partial charge on any atom is 0.303 e. The molecule has 0 amide bonds. The van der Waals surface area contributed by atoms with E-state index in [1.807, 2.05) is 91.0 Å². The predicted molar refractivity (Wildman–Crippen MR) is 119 cm³/mol. The Morgan fingerprint density at radius 2 is 1.40 bits per heavy atom. The summed E-state index contributed by atoms with van der Waals surface area (Å²) in [6.07, 6.45) is 5.50. The summed E-state index contributed by atoms with van der Waals surface area (Å²) in [7, 11) is 0. The number of hydrogen-bond acceptors (Lipinski definition) is 3. The second-order valence-corrected chi connectivity index (χ2v) is 6.94. The molecule has 0 unspecified atom stereocenters. The van der Waals surface area contributed by atoms with Gasteiger partial charge in [0.25, 0.3) is 0 Å². The lowest BCUT2D eigenvalue weighted by atomic mass is 10.1. The lowest BCUT2D eigenvalue weighted by Crippen LogP contribution is -2.01. The standard InChI is InChI=1S/C26H26O4/c27-26(28)15-9-3-4-10-21-16-17-24(29-19-22-11-5-1-6-12-22)25(18-21)30-20-23-13-7-2-8-14-23/h1-2,4-8,10-14,16-18H,3,9,15,19-20H2,(H,27,28). The van der Waals surface area contributed by atoms with E-state index < -0.39 is 5.97 Å². The van der Waals surface area contributed by atoms with E-state index >= 15 is 0 Å². The van der Waals surface area contributed by atoms with Crippen molar-refractivity contribution in [1.29, 1.82) is 0 Å². The van der Waals surface area contributed by atoms with Gasteiger partial charge in [0, 0.05) is 6.42 Å². The van der Waals surface area contributed by atoms with Crippen LogP contribution in [-0.2, 0) is 18.0 Å². The van der Waals surface area contributed by atoms with E-state index in [0.29, 0.717) is 31.1 Å². The lowest BCUT2D eigenvalue weighted by Gasteiger charge is -2.14. The van der Waals surface area contributed by atoms with Gasteiger partial charge in [-0.3, -0.25) is 4.79 Å². The van der Waals surface area contributed by atoms with Crippen LogP contribution in [0.2, 0.25) is 0 Å². The SMILES string of the molecule is O=C(O)CCCC=Cc1ccc(OCc2ccccc2)c(OCc2ccccc2)c1. The second kappa shape index (κ2) is 11.5. The van der Waals surface area contributed by atoms with Crippen LogP contribution < -0.4 is 9.47 Å². The van der Waals surface area contributed by atoms with Crippen LogP contribution in [0, 0.1) is 0 Å². The van der Waals surface area contributed by atoms with Gasteiger partial charge in [-0.2, -0.15) is 0 Å². The first kappa shape index (κ1) is 21.2. The van der Waals surface area contributed by atoms with Crippen LogP contribution in [0.5, 0.6) is 11.5 Å². The Morgan fingerprint density at radius 3 is 2.00 bits per heavy atom. The van der Waals surface area contributed by atoms with Crippen molar-refractivity contribution in [2.45, 2.75) is 32.5 Å². The van der Waals surface area contributed by atoms with Crippen molar-refractivity contribution in [2.75, 3.05) is 0 Å². The molecule has 4 heteroatoms. The number of rotatable bonds is 11. The van der Waals surface area contributed by atoms with Gasteiger partial charge in [-0.05, 0) is 41.7 Å². The van der Waals surface area contributed by atoms with Gasteiger partial charge < -0.3 is 14.6 Å². The van der Waals surface area contributed by atoms with E-state index in [1.54, 1.807) is 0 Å². The predicted octanol–water partition coefficient (Wildman–Crippen LogP) is 6.11. The van der Waals surface area contributed by atoms with Crippen LogP contribution >= 0.6 is 0 Å². The highest BCUT2D eigenvalue weighted by molar-refractivity contribution is 5.66. The van der Waals surface area contributed by atoms with Crippen LogP contribution in [0.4, 0.5) is 0 Å². The van der Waals surface area contributed by atoms with Gasteiger partial charge in [0.05, 0.1) is 0 Å². The minimum absolute atomic E-state index is 0.183. The van der Waals surface area contributed by atoms with E-state index in [4.69, 9.17) is 14.6 Å². The number of carbonyl (C=O) groups is 1. The Balaban J connectivity index is 1.69. The summed E-state index contributed by atoms with van der Waals surface area (Å²) in [6, 6.07) is 25.9. The molecule has 0 heterocycles. The molecule has 0 aliphatic heterocycles. The number of hydrogen-bond donors (Lipinski definition) is 1. The topological polar surface area (TPSA) is 55.8 Å². The third kappa shape index (κ3) is 7.13. The van der Waals surface area contributed by atoms with Crippen molar-refractivity contribution < 1.29 is 19.4 Å². The zero-order chi connectivity index (χ0) is 21.0. The molecule has 0 aliphatic carbocycles. The third-order valence-corrected chi connectivity index (χ3v) is 4.51. The molecule has 4 nitrogen and oxygen atoms in total. The Hall–Kier alpha value is -3.53. The Kier molecular flexibility index (Phi) is 8.10. The van der Waals surface area contributed by atoms with Crippen molar-refractivity contribution in [3.8, 4) is 11.5 Å². The van der Waals surface area contributed by atoms with E-state index in [0.717, 1.165) is 23.1 Å². The van der Waals surface area contributed by atoms with Gasteiger partial charge in [-0.1, -0.05) is 78.9 Å². The molecule has 0 saturated heterocycles. The number of carboxylic acid groups (broad SMARTS) is 1. The molecule has 3 rings (SSSR count). The summed E-state index contributed by atoms with van der Waals surface area (Å²) < 4.78 is 12.1. The number of allylic oxidation sites excluding steroid dienone is 1. The molecule has 30 heavy (non-hydrogen) atoms. The van der Waals surface area contributed by atoms with Gasteiger partial charge >= 0.3 is 5.97 Å². The lowest BCUT2D eigenvalue weighted by molar-refractivity contribution is -0.137. The minimum Gasteiger partial charge on any atom is -0.485 e. The normalized spacial score (nSPS) is 10.8. The minimum atomic E-state index is -0.764. The molecule has 1 N–H and O–H groups in total. The van der Waals surface area contributed by atoms with Crippen LogP contribution in [-0.4, -0.2) is 11.1 Å². The summed E-state index contributed by atoms with van der Waals surface area (Å²) >= 11 is 0. The zero-order valence-electron chi connectivity index (χ0n) is 16.9. The largest absolute Gasteiger partial charge is 0.485 e. The number of unbranched alkanes of at least 4 members (excludes halogenated alkanes) is 1. The third-order valence-electron chi connectivity index (χ3n) is 4.51. The average molecular weight is 402 g/mol. The highest BCUT2D eigenvalue weighted by atomic mass is 16.5. The van der Waals surface area contributed by atoms with Crippen LogP contribution in [0.25, 0.3) is 6.08 Å². The molecule has 0 atom stereocenters. The quantitative estimate of drug-likeness (QED) is 0.393. The molecule has 0 aromatic heterocycles. The molecule has 3 aromatic rings. The molecule has 0 radical (unpaired) electrons. The fourth-order valence-electron chi connectivity index (χ4n) is 2.92. The van der Waals surface area contributed by atoms with Crippen molar-refractivity contribution >= 4 is 12.0 Å². The van der Waals surface area contributed by atoms with Crippen molar-refractivity contribution in [3.05, 3.63) is 102 Å². The molecular weight excluding hydrogens is 376 g/mol. The monoisotopic (exact) mass is 402 g/mol. The van der Waals surface area contributed by atoms with Gasteiger partial charge in [-0.15, -0.1) is 0 Å². The van der Waals surface area contributed by atoms with Crippen LogP contribution in [0.15, 0.2) is 84.9 Å². The molecule has 0 aliphatic rings. The van der Waals surface area contributed by atoms with Crippen LogP contribution in [0.1, 0.15) is 36.0 Å². The molecule has 0 spiro atoms. The summed E-state index contributed by atoms with van der Waals surface area (Å²) in [5.41, 5.74) is 3.16. The van der Waals surface area contributed by atoms with Crippen LogP contribution in [0.3, 0.4) is 0 Å². The maximum atomic E-state index is 10.6. The second-order valence-electron chi connectivity index (χ2n) is 6.94. The molecule has 0 fully saturated rings. The number of carboxylic acids is 1. The first-order valence-electron chi connectivity index (χ1n) is 10.1. The molecule has 0 bridgehead atoms. The number of aliphatic carboxylic acids is 1. The van der Waals surface area contributed by atoms with Crippen molar-refractivity contribution in [1.82, 2.24) is 0 Å². The molecule has 0 saturated carbocycles. The summed E-state index contributed by atoms with van der Waals surface area (Å²) in [4.78, 5) is 10.6. The Bertz CT molecular complexity index is 949. The fraction of sp³-hybridized carbons (Fsp3) is 0.192. The Morgan fingerprint density at radius 1 is 0.800 bits per heavy atom. The van der Waals surface area contributed by atoms with Gasteiger partial charge in [-0.25, -0.2) is 0 Å². The van der Waals surface area contributed by atoms with E-state index in [9.17, 15) is 4.79 Å². The van der Waals surface area contributed by atoms with Crippen molar-refractivity contribution in [2.24, 2.45) is 0 Å². The van der Waals surface area contributed by atoms with Gasteiger partial charge in [0.2, 0.25) is 0 Å². The van der Waals surface area contributed by atoms with Gasteiger partial charge in [0.15, 0.2) is 11.5 Å². The zero-order valence-corrected chi connectivity index (χ0v) is 16.9. The van der Waals surface area contributed by atoms with Crippen molar-refractivity contribution in [3.63, 3.8) is 0 Å². The number of ether oxygens (including phenoxy) is 2. The van der Waals surface area contributed by atoms with Gasteiger partial charge in [0.1, 0.15) is 13.2 Å². The summed E-state index contributed by atoms with van der Waals surface area (Å²) in [5, 5.41) is 8.73. The highest BCUT2D eigenvalue weighted by Gasteiger charge is 2.07. The van der Waals surface area contributed by atoms with E-state index in [-0.39, 0.29) is 6.42 Å². The molecular formula is C26H26O4. The first-order valence-corrected chi connectivity index (χ1v) is 10.1. The number of benzene rings is 3. The first-order chi connectivity index (χ1) is 14.7.